The Morgan fingerprint density at radius 2 is 1.89 bits per heavy atom. The van der Waals surface area contributed by atoms with E-state index in [1.54, 1.807) is 23.7 Å². The molecular weight excluding hydrogens is 366 g/mol. The second-order valence-corrected chi connectivity index (χ2v) is 8.60. The first kappa shape index (κ1) is 18.2. The largest absolute Gasteiger partial charge is 0.365 e. The highest BCUT2D eigenvalue weighted by Gasteiger charge is 2.21. The molecule has 4 rings (SSSR count). The third-order valence-electron chi connectivity index (χ3n) is 4.03. The van der Waals surface area contributed by atoms with Crippen LogP contribution in [0.3, 0.4) is 0 Å². The van der Waals surface area contributed by atoms with Crippen LogP contribution in [0.1, 0.15) is 37.0 Å². The fraction of sp³-hybridized carbons (Fsp3) is 0.227. The number of rotatable bonds is 2. The van der Waals surface area contributed by atoms with Crippen LogP contribution in [-0.2, 0) is 0 Å². The number of thiophene rings is 1. The first-order valence-electron chi connectivity index (χ1n) is 9.06. The monoisotopic (exact) mass is 387 g/mol. The number of hydrogen-bond acceptors (Lipinski definition) is 5. The maximum Gasteiger partial charge on any atom is 0.160 e. The number of aromatic nitrogens is 4. The molecule has 1 N–H and O–H groups in total. The van der Waals surface area contributed by atoms with Gasteiger partial charge in [-0.3, -0.25) is 9.38 Å². The SMILES string of the molecule is Cc1nccn2c(NC(C)(C)C)c(-c3ccc(C#Cc4ccccn4)s3)nc12. The number of imidazole rings is 1. The van der Waals surface area contributed by atoms with Gasteiger partial charge < -0.3 is 5.32 Å². The van der Waals surface area contributed by atoms with E-state index < -0.39 is 0 Å². The van der Waals surface area contributed by atoms with Crippen molar-refractivity contribution >= 4 is 22.8 Å². The molecule has 28 heavy (non-hydrogen) atoms. The van der Waals surface area contributed by atoms with Gasteiger partial charge in [0, 0.05) is 24.1 Å². The van der Waals surface area contributed by atoms with Crippen LogP contribution >= 0.6 is 11.3 Å². The Labute approximate surface area is 168 Å². The van der Waals surface area contributed by atoms with Gasteiger partial charge in [-0.25, -0.2) is 9.97 Å². The van der Waals surface area contributed by atoms with E-state index in [-0.39, 0.29) is 5.54 Å². The van der Waals surface area contributed by atoms with Crippen LogP contribution in [0.25, 0.3) is 16.2 Å². The molecule has 0 spiro atoms. The Balaban J connectivity index is 1.77. The molecule has 0 atom stereocenters. The molecule has 140 valence electrons. The Bertz CT molecular complexity index is 1190. The van der Waals surface area contributed by atoms with Gasteiger partial charge in [0.2, 0.25) is 0 Å². The molecule has 0 saturated carbocycles. The minimum absolute atomic E-state index is 0.0965. The van der Waals surface area contributed by atoms with Gasteiger partial charge >= 0.3 is 0 Å². The zero-order chi connectivity index (χ0) is 19.7. The number of nitrogens with one attached hydrogen (secondary N) is 1. The van der Waals surface area contributed by atoms with Gasteiger partial charge in [0.25, 0.3) is 0 Å². The maximum absolute atomic E-state index is 4.89. The molecule has 6 heteroatoms. The summed E-state index contributed by atoms with van der Waals surface area (Å²) >= 11 is 1.63. The second-order valence-electron chi connectivity index (χ2n) is 7.52. The van der Waals surface area contributed by atoms with Gasteiger partial charge in [0.15, 0.2) is 5.65 Å². The van der Waals surface area contributed by atoms with Crippen LogP contribution < -0.4 is 5.32 Å². The van der Waals surface area contributed by atoms with Crippen molar-refractivity contribution in [1.82, 2.24) is 19.4 Å². The van der Waals surface area contributed by atoms with Crippen molar-refractivity contribution in [2.24, 2.45) is 0 Å². The summed E-state index contributed by atoms with van der Waals surface area (Å²) in [6.07, 6.45) is 5.50. The van der Waals surface area contributed by atoms with Crippen LogP contribution in [0.15, 0.2) is 48.9 Å². The summed E-state index contributed by atoms with van der Waals surface area (Å²) in [6, 6.07) is 9.84. The fourth-order valence-corrected chi connectivity index (χ4v) is 3.69. The highest BCUT2D eigenvalue weighted by Crippen LogP contribution is 2.35. The molecule has 5 nitrogen and oxygen atoms in total. The van der Waals surface area contributed by atoms with Gasteiger partial charge in [-0.05, 0) is 63.8 Å². The number of aryl methyl sites for hydroxylation is 1. The summed E-state index contributed by atoms with van der Waals surface area (Å²) < 4.78 is 2.07. The molecule has 0 amide bonds. The molecule has 4 aromatic rings. The van der Waals surface area contributed by atoms with E-state index in [4.69, 9.17) is 4.98 Å². The molecule has 4 aromatic heterocycles. The first-order chi connectivity index (χ1) is 13.4. The summed E-state index contributed by atoms with van der Waals surface area (Å²) in [6.45, 7) is 8.40. The zero-order valence-corrected chi connectivity index (χ0v) is 17.1. The summed E-state index contributed by atoms with van der Waals surface area (Å²) in [4.78, 5) is 15.6. The molecule has 0 aromatic carbocycles. The number of nitrogens with zero attached hydrogens (tertiary/aromatic N) is 4. The molecule has 0 radical (unpaired) electrons. The zero-order valence-electron chi connectivity index (χ0n) is 16.3. The highest BCUT2D eigenvalue weighted by atomic mass is 32.1. The second kappa shape index (κ2) is 7.10. The van der Waals surface area contributed by atoms with Gasteiger partial charge in [-0.1, -0.05) is 6.07 Å². The first-order valence-corrected chi connectivity index (χ1v) is 9.87. The predicted molar refractivity (Wildman–Crippen MR) is 115 cm³/mol. The molecule has 0 unspecified atom stereocenters. The van der Waals surface area contributed by atoms with Gasteiger partial charge in [0.05, 0.1) is 15.4 Å². The van der Waals surface area contributed by atoms with Crippen molar-refractivity contribution < 1.29 is 0 Å². The van der Waals surface area contributed by atoms with Gasteiger partial charge in [0.1, 0.15) is 17.2 Å². The third-order valence-corrected chi connectivity index (χ3v) is 5.04. The van der Waals surface area contributed by atoms with Crippen molar-refractivity contribution in [3.63, 3.8) is 0 Å². The van der Waals surface area contributed by atoms with E-state index in [0.717, 1.165) is 38.3 Å². The molecular formula is C22H21N5S. The van der Waals surface area contributed by atoms with Crippen molar-refractivity contribution in [3.05, 3.63) is 65.2 Å². The number of hydrogen-bond donors (Lipinski definition) is 1. The average Bonchev–Trinajstić information content (AvgIpc) is 3.26. The van der Waals surface area contributed by atoms with Gasteiger partial charge in [-0.15, -0.1) is 11.3 Å². The lowest BCUT2D eigenvalue weighted by Gasteiger charge is -2.22. The Morgan fingerprint density at radius 1 is 1.04 bits per heavy atom. The third kappa shape index (κ3) is 3.75. The lowest BCUT2D eigenvalue weighted by Crippen LogP contribution is -2.27. The van der Waals surface area contributed by atoms with Gasteiger partial charge in [-0.2, -0.15) is 0 Å². The summed E-state index contributed by atoms with van der Waals surface area (Å²) in [5, 5.41) is 3.60. The molecule has 0 bridgehead atoms. The van der Waals surface area contributed by atoms with Crippen LogP contribution in [0.2, 0.25) is 0 Å². The lowest BCUT2D eigenvalue weighted by atomic mass is 10.1. The van der Waals surface area contributed by atoms with Crippen LogP contribution in [-0.4, -0.2) is 24.9 Å². The quantitative estimate of drug-likeness (QED) is 0.503. The summed E-state index contributed by atoms with van der Waals surface area (Å²) in [7, 11) is 0. The minimum Gasteiger partial charge on any atom is -0.365 e. The lowest BCUT2D eigenvalue weighted by molar-refractivity contribution is 0.629. The average molecular weight is 388 g/mol. The van der Waals surface area contributed by atoms with E-state index in [9.17, 15) is 0 Å². The van der Waals surface area contributed by atoms with Crippen LogP contribution in [0, 0.1) is 18.8 Å². The Morgan fingerprint density at radius 3 is 2.64 bits per heavy atom. The van der Waals surface area contributed by atoms with E-state index in [1.807, 2.05) is 37.4 Å². The van der Waals surface area contributed by atoms with Crippen molar-refractivity contribution in [2.75, 3.05) is 5.32 Å². The molecule has 4 heterocycles. The number of pyridine rings is 1. The topological polar surface area (TPSA) is 55.1 Å². The Hall–Kier alpha value is -3.17. The standard InChI is InChI=1S/C22H21N5S/c1-15-20-25-19(21(26-22(2,3)4)27(20)14-13-23-15)18-11-10-17(28-18)9-8-16-7-5-6-12-24-16/h5-7,10-14,26H,1-4H3. The smallest absolute Gasteiger partial charge is 0.160 e. The van der Waals surface area contributed by atoms with Crippen molar-refractivity contribution in [3.8, 4) is 22.4 Å². The van der Waals surface area contributed by atoms with Crippen LogP contribution in [0.5, 0.6) is 0 Å². The van der Waals surface area contributed by atoms with E-state index in [2.05, 4.69) is 58.4 Å². The van der Waals surface area contributed by atoms with E-state index in [1.165, 1.54) is 0 Å². The normalized spacial score (nSPS) is 11.3. The summed E-state index contributed by atoms with van der Waals surface area (Å²) in [5.74, 6) is 7.29. The number of fused-ring (bicyclic) bond motifs is 1. The predicted octanol–water partition coefficient (Wildman–Crippen LogP) is 4.77. The molecule has 0 aliphatic heterocycles. The minimum atomic E-state index is -0.0965. The van der Waals surface area contributed by atoms with Crippen molar-refractivity contribution in [2.45, 2.75) is 33.2 Å². The maximum atomic E-state index is 4.89. The fourth-order valence-electron chi connectivity index (χ4n) is 2.84. The summed E-state index contributed by atoms with van der Waals surface area (Å²) in [5.41, 5.74) is 3.35. The Kier molecular flexibility index (Phi) is 4.62. The number of anilines is 1. The molecule has 0 aliphatic carbocycles. The molecule has 0 saturated heterocycles. The van der Waals surface area contributed by atoms with Crippen molar-refractivity contribution in [1.29, 1.82) is 0 Å². The van der Waals surface area contributed by atoms with E-state index >= 15 is 0 Å². The highest BCUT2D eigenvalue weighted by molar-refractivity contribution is 7.16. The van der Waals surface area contributed by atoms with Crippen LogP contribution in [0.4, 0.5) is 5.82 Å². The van der Waals surface area contributed by atoms with E-state index in [0.29, 0.717) is 0 Å². The molecule has 0 fully saturated rings. The molecule has 0 aliphatic rings.